The molecule has 3 rings (SSSR count). The van der Waals surface area contributed by atoms with Crippen LogP contribution in [0.1, 0.15) is 50.6 Å². The molecule has 0 amide bonds. The molecule has 1 atom stereocenters. The molecule has 4 heteroatoms. The second kappa shape index (κ2) is 6.17. The first-order chi connectivity index (χ1) is 9.77. The monoisotopic (exact) mass is 289 g/mol. The molecule has 1 aliphatic carbocycles. The molecular weight excluding hydrogens is 266 g/mol. The lowest BCUT2D eigenvalue weighted by Gasteiger charge is -2.38. The van der Waals surface area contributed by atoms with Gasteiger partial charge in [0, 0.05) is 24.7 Å². The molecule has 0 saturated heterocycles. The first kappa shape index (κ1) is 13.9. The fourth-order valence-corrected chi connectivity index (χ4v) is 4.40. The Labute approximate surface area is 125 Å². The number of hydrogen-bond donors (Lipinski definition) is 1. The Bertz CT molecular complexity index is 466. The van der Waals surface area contributed by atoms with Crippen molar-refractivity contribution >= 4 is 16.9 Å². The van der Waals surface area contributed by atoms with Crippen LogP contribution in [0.25, 0.3) is 0 Å². The summed E-state index contributed by atoms with van der Waals surface area (Å²) in [6.07, 6.45) is 10.6. The molecule has 1 fully saturated rings. The summed E-state index contributed by atoms with van der Waals surface area (Å²) in [5, 5.41) is 4.66. The third kappa shape index (κ3) is 3.17. The Hall–Kier alpha value is -1.03. The van der Waals surface area contributed by atoms with Gasteiger partial charge < -0.3 is 5.32 Å². The van der Waals surface area contributed by atoms with Crippen molar-refractivity contribution in [2.45, 2.75) is 45.1 Å². The Morgan fingerprint density at radius 2 is 1.95 bits per heavy atom. The van der Waals surface area contributed by atoms with Gasteiger partial charge in [-0.2, -0.15) is 0 Å². The van der Waals surface area contributed by atoms with Gasteiger partial charge in [0.25, 0.3) is 0 Å². The smallest absolute Gasteiger partial charge is 0.157 e. The van der Waals surface area contributed by atoms with Gasteiger partial charge >= 0.3 is 0 Å². The summed E-state index contributed by atoms with van der Waals surface area (Å²) in [5.74, 6) is 1.24. The van der Waals surface area contributed by atoms with E-state index in [1.54, 1.807) is 0 Å². The fraction of sp³-hybridized carbons (Fsp3) is 0.625. The van der Waals surface area contributed by atoms with Gasteiger partial charge in [-0.1, -0.05) is 31.0 Å². The molecule has 2 heterocycles. The highest BCUT2D eigenvalue weighted by Gasteiger charge is 2.35. The molecule has 0 bridgehead atoms. The standard InChI is InChI=1S/C16H23N3S/c1-13(14-5-9-17-10-6-14)19-15-18-11-16(12-20-15)7-3-2-4-8-16/h5-6,9-10,13H,2-4,7-8,11-12H2,1H3,(H,18,19). The maximum atomic E-state index is 4.82. The van der Waals surface area contributed by atoms with Gasteiger partial charge in [0.2, 0.25) is 0 Å². The van der Waals surface area contributed by atoms with Gasteiger partial charge in [-0.25, -0.2) is 0 Å². The van der Waals surface area contributed by atoms with Crippen molar-refractivity contribution in [2.75, 3.05) is 12.3 Å². The Morgan fingerprint density at radius 1 is 1.20 bits per heavy atom. The summed E-state index contributed by atoms with van der Waals surface area (Å²) in [7, 11) is 0. The lowest BCUT2D eigenvalue weighted by molar-refractivity contribution is 0.232. The van der Waals surface area contributed by atoms with Crippen LogP contribution in [0.2, 0.25) is 0 Å². The number of rotatable bonds is 2. The number of pyridine rings is 1. The van der Waals surface area contributed by atoms with E-state index in [0.29, 0.717) is 11.5 Å². The van der Waals surface area contributed by atoms with E-state index in [9.17, 15) is 0 Å². The largest absolute Gasteiger partial charge is 0.358 e. The van der Waals surface area contributed by atoms with E-state index in [1.807, 2.05) is 24.2 Å². The van der Waals surface area contributed by atoms with E-state index in [4.69, 9.17) is 4.99 Å². The van der Waals surface area contributed by atoms with E-state index < -0.39 is 0 Å². The van der Waals surface area contributed by atoms with Crippen LogP contribution < -0.4 is 5.32 Å². The van der Waals surface area contributed by atoms with Crippen LogP contribution in [-0.2, 0) is 0 Å². The third-order valence-electron chi connectivity index (χ3n) is 4.53. The van der Waals surface area contributed by atoms with E-state index in [2.05, 4.69) is 29.4 Å². The molecule has 2 aliphatic rings. The average Bonchev–Trinajstić information content (AvgIpc) is 2.52. The number of aliphatic imine (C=N–C) groups is 1. The molecule has 1 aliphatic heterocycles. The van der Waals surface area contributed by atoms with Crippen molar-refractivity contribution in [3.63, 3.8) is 0 Å². The molecule has 108 valence electrons. The predicted octanol–water partition coefficient (Wildman–Crippen LogP) is 3.79. The van der Waals surface area contributed by atoms with Crippen LogP contribution in [0.15, 0.2) is 29.5 Å². The topological polar surface area (TPSA) is 37.3 Å². The molecule has 1 aromatic heterocycles. The quantitative estimate of drug-likeness (QED) is 0.900. The molecule has 0 radical (unpaired) electrons. The van der Waals surface area contributed by atoms with Crippen molar-refractivity contribution in [3.8, 4) is 0 Å². The molecule has 1 N–H and O–H groups in total. The van der Waals surface area contributed by atoms with Crippen LogP contribution in [0, 0.1) is 5.41 Å². The SMILES string of the molecule is CC(NC1=NCC2(CCCCC2)CS1)c1ccncc1. The fourth-order valence-electron chi connectivity index (χ4n) is 3.16. The highest BCUT2D eigenvalue weighted by molar-refractivity contribution is 8.13. The van der Waals surface area contributed by atoms with Gasteiger partial charge in [0.15, 0.2) is 5.17 Å². The van der Waals surface area contributed by atoms with Crippen LogP contribution in [0.4, 0.5) is 0 Å². The summed E-state index contributed by atoms with van der Waals surface area (Å²) < 4.78 is 0. The zero-order valence-corrected chi connectivity index (χ0v) is 13.0. The summed E-state index contributed by atoms with van der Waals surface area (Å²) in [6.45, 7) is 3.20. The second-order valence-electron chi connectivity index (χ2n) is 6.12. The van der Waals surface area contributed by atoms with Crippen molar-refractivity contribution in [1.82, 2.24) is 10.3 Å². The highest BCUT2D eigenvalue weighted by atomic mass is 32.2. The van der Waals surface area contributed by atoms with Gasteiger partial charge in [-0.05, 0) is 42.9 Å². The Balaban J connectivity index is 1.59. The summed E-state index contributed by atoms with van der Waals surface area (Å²) in [6, 6.07) is 4.42. The summed E-state index contributed by atoms with van der Waals surface area (Å²) in [4.78, 5) is 8.89. The summed E-state index contributed by atoms with van der Waals surface area (Å²) >= 11 is 1.91. The minimum absolute atomic E-state index is 0.296. The number of hydrogen-bond acceptors (Lipinski definition) is 4. The van der Waals surface area contributed by atoms with Crippen LogP contribution in [-0.4, -0.2) is 22.4 Å². The van der Waals surface area contributed by atoms with Crippen molar-refractivity contribution in [1.29, 1.82) is 0 Å². The van der Waals surface area contributed by atoms with E-state index in [-0.39, 0.29) is 0 Å². The van der Waals surface area contributed by atoms with Gasteiger partial charge in [-0.15, -0.1) is 0 Å². The van der Waals surface area contributed by atoms with Crippen LogP contribution >= 0.6 is 11.8 Å². The van der Waals surface area contributed by atoms with Gasteiger partial charge in [-0.3, -0.25) is 9.98 Å². The zero-order chi connectivity index (χ0) is 13.8. The third-order valence-corrected chi connectivity index (χ3v) is 5.81. The molecule has 1 unspecified atom stereocenters. The normalized spacial score (nSPS) is 23.1. The minimum Gasteiger partial charge on any atom is -0.358 e. The Morgan fingerprint density at radius 3 is 2.60 bits per heavy atom. The molecular formula is C16H23N3S. The van der Waals surface area contributed by atoms with Gasteiger partial charge in [0.1, 0.15) is 0 Å². The maximum absolute atomic E-state index is 4.82. The number of thioether (sulfide) groups is 1. The van der Waals surface area contributed by atoms with Crippen molar-refractivity contribution in [2.24, 2.45) is 10.4 Å². The molecule has 3 nitrogen and oxygen atoms in total. The van der Waals surface area contributed by atoms with Gasteiger partial charge in [0.05, 0.1) is 6.04 Å². The predicted molar refractivity (Wildman–Crippen MR) is 86.1 cm³/mol. The molecule has 1 spiro atoms. The van der Waals surface area contributed by atoms with E-state index >= 15 is 0 Å². The van der Waals surface area contributed by atoms with Crippen molar-refractivity contribution in [3.05, 3.63) is 30.1 Å². The Kier molecular flexibility index (Phi) is 4.29. The lowest BCUT2D eigenvalue weighted by Crippen LogP contribution is -2.37. The number of nitrogens with zero attached hydrogens (tertiary/aromatic N) is 2. The highest BCUT2D eigenvalue weighted by Crippen LogP contribution is 2.41. The second-order valence-corrected chi connectivity index (χ2v) is 7.08. The number of amidine groups is 1. The zero-order valence-electron chi connectivity index (χ0n) is 12.1. The maximum Gasteiger partial charge on any atom is 0.157 e. The molecule has 0 aromatic carbocycles. The molecule has 1 saturated carbocycles. The van der Waals surface area contributed by atoms with E-state index in [1.165, 1.54) is 43.4 Å². The molecule has 20 heavy (non-hydrogen) atoms. The first-order valence-corrected chi connectivity index (χ1v) is 8.60. The average molecular weight is 289 g/mol. The number of aromatic nitrogens is 1. The van der Waals surface area contributed by atoms with Crippen LogP contribution in [0.3, 0.4) is 0 Å². The minimum atomic E-state index is 0.296. The summed E-state index contributed by atoms with van der Waals surface area (Å²) in [5.41, 5.74) is 1.77. The van der Waals surface area contributed by atoms with Crippen LogP contribution in [0.5, 0.6) is 0 Å². The van der Waals surface area contributed by atoms with E-state index in [0.717, 1.165) is 11.7 Å². The lowest BCUT2D eigenvalue weighted by atomic mass is 9.75. The first-order valence-electron chi connectivity index (χ1n) is 7.61. The molecule has 1 aromatic rings. The van der Waals surface area contributed by atoms with Crippen molar-refractivity contribution < 1.29 is 0 Å². The number of nitrogens with one attached hydrogen (secondary N) is 1.